The van der Waals surface area contributed by atoms with Crippen molar-refractivity contribution in [3.63, 3.8) is 0 Å². The molecule has 3 heteroatoms. The first-order valence-corrected chi connectivity index (χ1v) is 4.89. The molecule has 0 fully saturated rings. The molecule has 0 bridgehead atoms. The highest BCUT2D eigenvalue weighted by Gasteiger charge is 2.35. The van der Waals surface area contributed by atoms with Crippen LogP contribution < -0.4 is 0 Å². The Balaban J connectivity index is 2.52. The van der Waals surface area contributed by atoms with Crippen molar-refractivity contribution in [3.8, 4) is 6.07 Å². The van der Waals surface area contributed by atoms with Gasteiger partial charge in [0.2, 0.25) is 0 Å². The number of ketones is 1. The van der Waals surface area contributed by atoms with E-state index in [4.69, 9.17) is 5.26 Å². The summed E-state index contributed by atoms with van der Waals surface area (Å²) in [6.07, 6.45) is -0.113. The minimum Gasteiger partial charge on any atom is -0.393 e. The molecule has 76 valence electrons. The number of nitrogens with zero attached hydrogens (tertiary/aromatic N) is 1. The van der Waals surface area contributed by atoms with Crippen molar-refractivity contribution in [1.82, 2.24) is 0 Å². The lowest BCUT2D eigenvalue weighted by Crippen LogP contribution is -2.22. The zero-order valence-electron chi connectivity index (χ0n) is 8.40. The minimum absolute atomic E-state index is 0.0999. The number of carbonyl (C=O) groups excluding carboxylic acids is 1. The van der Waals surface area contributed by atoms with Gasteiger partial charge in [0.05, 0.1) is 23.7 Å². The van der Waals surface area contributed by atoms with Crippen LogP contribution >= 0.6 is 0 Å². The highest BCUT2D eigenvalue weighted by molar-refractivity contribution is 6.04. The van der Waals surface area contributed by atoms with Gasteiger partial charge in [-0.1, -0.05) is 12.1 Å². The summed E-state index contributed by atoms with van der Waals surface area (Å²) in [4.78, 5) is 11.9. The number of aliphatic hydroxyl groups excluding tert-OH is 1. The summed E-state index contributed by atoms with van der Waals surface area (Å²) in [5.74, 6) is -0.480. The third-order valence-electron chi connectivity index (χ3n) is 2.88. The average Bonchev–Trinajstić information content (AvgIpc) is 2.56. The third-order valence-corrected chi connectivity index (χ3v) is 2.88. The quantitative estimate of drug-likeness (QED) is 0.744. The Morgan fingerprint density at radius 2 is 2.33 bits per heavy atom. The number of aliphatic hydroxyl groups is 1. The second-order valence-corrected chi connectivity index (χ2v) is 3.87. The molecule has 0 saturated carbocycles. The molecule has 15 heavy (non-hydrogen) atoms. The summed E-state index contributed by atoms with van der Waals surface area (Å²) < 4.78 is 0. The fraction of sp³-hybridized carbons (Fsp3) is 0.333. The first-order chi connectivity index (χ1) is 7.15. The predicted octanol–water partition coefficient (Wildman–Crippen LogP) is 1.29. The van der Waals surface area contributed by atoms with E-state index in [0.29, 0.717) is 17.5 Å². The van der Waals surface area contributed by atoms with Gasteiger partial charge in [0.15, 0.2) is 5.78 Å². The molecule has 1 N–H and O–H groups in total. The van der Waals surface area contributed by atoms with E-state index in [1.807, 2.05) is 12.1 Å². The lowest BCUT2D eigenvalue weighted by Gasteiger charge is -2.10. The lowest BCUT2D eigenvalue weighted by atomic mass is 9.98. The Morgan fingerprint density at radius 1 is 1.60 bits per heavy atom. The molecule has 0 radical (unpaired) electrons. The van der Waals surface area contributed by atoms with Crippen LogP contribution in [0.4, 0.5) is 0 Å². The summed E-state index contributed by atoms with van der Waals surface area (Å²) in [6.45, 7) is 1.61. The Labute approximate surface area is 88.0 Å². The Hall–Kier alpha value is -1.66. The molecule has 1 aliphatic carbocycles. The van der Waals surface area contributed by atoms with Gasteiger partial charge in [-0.3, -0.25) is 4.79 Å². The summed E-state index contributed by atoms with van der Waals surface area (Å²) in [7, 11) is 0. The molecule has 0 aliphatic heterocycles. The van der Waals surface area contributed by atoms with Gasteiger partial charge in [-0.05, 0) is 25.0 Å². The van der Waals surface area contributed by atoms with E-state index in [0.717, 1.165) is 5.56 Å². The Kier molecular flexibility index (Phi) is 2.29. The van der Waals surface area contributed by atoms with Crippen LogP contribution in [0.5, 0.6) is 0 Å². The maximum atomic E-state index is 11.9. The predicted molar refractivity (Wildman–Crippen MR) is 54.4 cm³/mol. The number of rotatable bonds is 1. The molecule has 2 rings (SSSR count). The molecule has 0 aromatic heterocycles. The van der Waals surface area contributed by atoms with Crippen LogP contribution in [0.25, 0.3) is 0 Å². The molecule has 0 amide bonds. The smallest absolute Gasteiger partial charge is 0.170 e. The number of hydrogen-bond donors (Lipinski definition) is 1. The second-order valence-electron chi connectivity index (χ2n) is 3.87. The van der Waals surface area contributed by atoms with Gasteiger partial charge in [0.25, 0.3) is 0 Å². The number of nitriles is 1. The molecule has 1 aromatic carbocycles. The summed E-state index contributed by atoms with van der Waals surface area (Å²) in [5, 5.41) is 18.3. The Bertz CT molecular complexity index is 457. The maximum Gasteiger partial charge on any atom is 0.170 e. The number of fused-ring (bicyclic) bond motifs is 1. The summed E-state index contributed by atoms with van der Waals surface area (Å²) >= 11 is 0. The van der Waals surface area contributed by atoms with Crippen molar-refractivity contribution in [3.05, 3.63) is 34.9 Å². The third kappa shape index (κ3) is 1.43. The van der Waals surface area contributed by atoms with Crippen LogP contribution in [0, 0.1) is 17.2 Å². The van der Waals surface area contributed by atoms with E-state index < -0.39 is 6.10 Å². The normalized spacial score (nSPS) is 20.9. The Morgan fingerprint density at radius 3 is 2.93 bits per heavy atom. The summed E-state index contributed by atoms with van der Waals surface area (Å²) in [6, 6.07) is 7.27. The zero-order chi connectivity index (χ0) is 11.0. The second kappa shape index (κ2) is 3.48. The van der Waals surface area contributed by atoms with Crippen molar-refractivity contribution >= 4 is 5.78 Å². The summed E-state index contributed by atoms with van der Waals surface area (Å²) in [5.41, 5.74) is 1.80. The van der Waals surface area contributed by atoms with Gasteiger partial charge in [-0.25, -0.2) is 0 Å². The van der Waals surface area contributed by atoms with Crippen molar-refractivity contribution < 1.29 is 9.90 Å². The molecular formula is C12H11NO2. The van der Waals surface area contributed by atoms with Crippen LogP contribution in [-0.4, -0.2) is 17.0 Å². The van der Waals surface area contributed by atoms with E-state index in [-0.39, 0.29) is 11.7 Å². The number of benzene rings is 1. The molecule has 0 saturated heterocycles. The van der Waals surface area contributed by atoms with Crippen molar-refractivity contribution in [2.45, 2.75) is 19.4 Å². The molecule has 0 spiro atoms. The molecule has 3 nitrogen and oxygen atoms in total. The molecule has 1 aromatic rings. The number of hydrogen-bond acceptors (Lipinski definition) is 3. The van der Waals surface area contributed by atoms with Crippen LogP contribution in [0.1, 0.15) is 28.4 Å². The first kappa shape index (κ1) is 9.88. The van der Waals surface area contributed by atoms with E-state index in [2.05, 4.69) is 0 Å². The van der Waals surface area contributed by atoms with Crippen LogP contribution in [-0.2, 0) is 6.42 Å². The molecule has 2 atom stereocenters. The number of carbonyl (C=O) groups is 1. The molecule has 1 aliphatic rings. The first-order valence-electron chi connectivity index (χ1n) is 4.89. The highest BCUT2D eigenvalue weighted by atomic mass is 16.3. The van der Waals surface area contributed by atoms with E-state index >= 15 is 0 Å². The van der Waals surface area contributed by atoms with E-state index in [1.54, 1.807) is 19.1 Å². The molecule has 0 heterocycles. The van der Waals surface area contributed by atoms with E-state index in [9.17, 15) is 9.90 Å². The zero-order valence-corrected chi connectivity index (χ0v) is 8.40. The van der Waals surface area contributed by atoms with Crippen molar-refractivity contribution in [1.29, 1.82) is 5.26 Å². The van der Waals surface area contributed by atoms with Crippen LogP contribution in [0.2, 0.25) is 0 Å². The fourth-order valence-corrected chi connectivity index (χ4v) is 2.06. The largest absolute Gasteiger partial charge is 0.393 e. The van der Waals surface area contributed by atoms with Crippen LogP contribution in [0.3, 0.4) is 0 Å². The van der Waals surface area contributed by atoms with Gasteiger partial charge in [-0.15, -0.1) is 0 Å². The maximum absolute atomic E-state index is 11.9. The SMILES string of the molecule is CC(O)C1Cc2cccc(C#N)c2C1=O. The standard InChI is InChI=1S/C12H11NO2/c1-7(14)10-5-8-3-2-4-9(6-13)11(8)12(10)15/h2-4,7,10,14H,5H2,1H3. The highest BCUT2D eigenvalue weighted by Crippen LogP contribution is 2.30. The van der Waals surface area contributed by atoms with Gasteiger partial charge in [-0.2, -0.15) is 5.26 Å². The monoisotopic (exact) mass is 201 g/mol. The van der Waals surface area contributed by atoms with Crippen LogP contribution in [0.15, 0.2) is 18.2 Å². The topological polar surface area (TPSA) is 61.1 Å². The molecule has 2 unspecified atom stereocenters. The van der Waals surface area contributed by atoms with Gasteiger partial charge < -0.3 is 5.11 Å². The molecular weight excluding hydrogens is 190 g/mol. The van der Waals surface area contributed by atoms with E-state index in [1.165, 1.54) is 0 Å². The van der Waals surface area contributed by atoms with Crippen molar-refractivity contribution in [2.75, 3.05) is 0 Å². The lowest BCUT2D eigenvalue weighted by molar-refractivity contribution is 0.0758. The van der Waals surface area contributed by atoms with Crippen molar-refractivity contribution in [2.24, 2.45) is 5.92 Å². The van der Waals surface area contributed by atoms with Gasteiger partial charge in [0, 0.05) is 5.56 Å². The average molecular weight is 201 g/mol. The fourth-order valence-electron chi connectivity index (χ4n) is 2.06. The van der Waals surface area contributed by atoms with Gasteiger partial charge in [0.1, 0.15) is 0 Å². The number of Topliss-reactive ketones (excluding diaryl/α,β-unsaturated/α-hetero) is 1. The van der Waals surface area contributed by atoms with Gasteiger partial charge >= 0.3 is 0 Å². The minimum atomic E-state index is -0.656.